The molecule has 4 aliphatic heterocycles. The molecule has 4 aromatic rings. The van der Waals surface area contributed by atoms with Gasteiger partial charge in [-0.15, -0.1) is 0 Å². The maximum absolute atomic E-state index is 12.2. The molecule has 0 saturated carbocycles. The topological polar surface area (TPSA) is 175 Å². The number of unbranched alkanes of at least 4 members (excludes halogenated alkanes) is 2. The zero-order valence-corrected chi connectivity index (χ0v) is 39.0. The zero-order valence-electron chi connectivity index (χ0n) is 36.0. The summed E-state index contributed by atoms with van der Waals surface area (Å²) in [6.45, 7) is 7.28. The first kappa shape index (κ1) is 53.5. The second-order valence-corrected chi connectivity index (χ2v) is 18.3. The smallest absolute Gasteiger partial charge is 0.315 e. The van der Waals surface area contributed by atoms with Crippen molar-refractivity contribution in [1.29, 1.82) is 0 Å². The molecular weight excluding hydrogens is 868 g/mol. The summed E-state index contributed by atoms with van der Waals surface area (Å²) in [7, 11) is 0. The molecule has 0 aliphatic carbocycles. The Morgan fingerprint density at radius 3 is 1.86 bits per heavy atom. The number of hydrogen-bond acceptors (Lipinski definition) is 9. The molecule has 3 amide bonds. The quantitative estimate of drug-likeness (QED) is 0.0290. The summed E-state index contributed by atoms with van der Waals surface area (Å²) in [4.78, 5) is 45.2. The number of anilines is 2. The Morgan fingerprint density at radius 2 is 1.24 bits per heavy atom. The maximum Gasteiger partial charge on any atom is 0.315 e. The molecule has 343 valence electrons. The monoisotopic (exact) mass is 936 g/mol. The number of nitrogens with two attached hydrogens (primary N) is 1. The molecule has 63 heavy (non-hydrogen) atoms. The van der Waals surface area contributed by atoms with Crippen LogP contribution in [0.1, 0.15) is 85.0 Å². The maximum atomic E-state index is 12.2. The van der Waals surface area contributed by atoms with Gasteiger partial charge in [-0.1, -0.05) is 93.1 Å². The van der Waals surface area contributed by atoms with E-state index in [0.29, 0.717) is 54.1 Å². The van der Waals surface area contributed by atoms with E-state index in [1.54, 1.807) is 6.92 Å². The van der Waals surface area contributed by atoms with Gasteiger partial charge >= 0.3 is 12.0 Å². The second kappa shape index (κ2) is 28.8. The van der Waals surface area contributed by atoms with Crippen molar-refractivity contribution < 1.29 is 42.8 Å². The molecule has 0 spiro atoms. The van der Waals surface area contributed by atoms with Crippen molar-refractivity contribution in [1.82, 2.24) is 16.0 Å². The number of Topliss-reactive ketones (excluding diaryl/α,β-unsaturated/α-hetero) is 1. The Bertz CT molecular complexity index is 2020. The summed E-state index contributed by atoms with van der Waals surface area (Å²) in [5, 5.41) is 30.3. The molecule has 4 aromatic carbocycles. The van der Waals surface area contributed by atoms with Gasteiger partial charge in [0, 0.05) is 108 Å². The number of carbonyl (C=O) groups is 4. The van der Waals surface area contributed by atoms with Gasteiger partial charge in [-0.3, -0.25) is 14.4 Å². The largest absolute Gasteiger partial charge is 0.481 e. The fourth-order valence-electron chi connectivity index (χ4n) is 8.43. The molecular formula is C49H69N6O5S2V-. The summed E-state index contributed by atoms with van der Waals surface area (Å²) in [6, 6.07) is 30.1. The van der Waals surface area contributed by atoms with Crippen LogP contribution in [0.4, 0.5) is 16.2 Å². The van der Waals surface area contributed by atoms with E-state index in [0.717, 1.165) is 80.9 Å². The van der Waals surface area contributed by atoms with Crippen molar-refractivity contribution in [3.05, 3.63) is 91.9 Å². The third-order valence-electron chi connectivity index (χ3n) is 11.5. The van der Waals surface area contributed by atoms with E-state index in [9.17, 15) is 19.2 Å². The van der Waals surface area contributed by atoms with Crippen molar-refractivity contribution in [2.45, 2.75) is 114 Å². The molecule has 6 unspecified atom stereocenters. The molecule has 4 aliphatic rings. The number of ketones is 1. The Hall–Kier alpha value is -3.88. The number of carboxylic acid groups (broad SMARTS) is 1. The van der Waals surface area contributed by atoms with Crippen LogP contribution in [0, 0.1) is 12.8 Å². The first-order chi connectivity index (χ1) is 29.8. The molecule has 1 radical (unpaired) electrons. The van der Waals surface area contributed by atoms with Crippen LogP contribution < -0.4 is 32.3 Å². The van der Waals surface area contributed by atoms with Crippen molar-refractivity contribution in [3.63, 3.8) is 0 Å². The normalized spacial score (nSPS) is 21.2. The number of amides is 3. The van der Waals surface area contributed by atoms with Crippen LogP contribution >= 0.6 is 23.5 Å². The molecule has 0 bridgehead atoms. The van der Waals surface area contributed by atoms with E-state index >= 15 is 0 Å². The summed E-state index contributed by atoms with van der Waals surface area (Å²) < 4.78 is 0. The summed E-state index contributed by atoms with van der Waals surface area (Å²) >= 11 is 3.87. The number of thioether (sulfide) groups is 2. The number of aliphatic carboxylic acids is 1. The summed E-state index contributed by atoms with van der Waals surface area (Å²) in [6.07, 6.45) is 8.92. The van der Waals surface area contributed by atoms with Gasteiger partial charge in [-0.05, 0) is 66.7 Å². The van der Waals surface area contributed by atoms with Gasteiger partial charge in [-0.2, -0.15) is 30.4 Å². The van der Waals surface area contributed by atoms with Crippen LogP contribution in [0.25, 0.3) is 21.5 Å². The Kier molecular flexibility index (Phi) is 24.5. The van der Waals surface area contributed by atoms with Gasteiger partial charge in [0.2, 0.25) is 5.91 Å². The average Bonchev–Trinajstić information content (AvgIpc) is 4.05. The van der Waals surface area contributed by atoms with E-state index in [2.05, 4.69) is 118 Å². The first-order valence-corrected chi connectivity index (χ1v) is 24.1. The van der Waals surface area contributed by atoms with Crippen molar-refractivity contribution in [3.8, 4) is 0 Å². The number of fused-ring (bicyclic) bond motifs is 4. The average molecular weight is 937 g/mol. The number of nitrogens with one attached hydrogen (secondary N) is 5. The first-order valence-electron chi connectivity index (χ1n) is 22.0. The molecule has 8 rings (SSSR count). The van der Waals surface area contributed by atoms with Gasteiger partial charge in [-0.25, -0.2) is 4.79 Å². The molecule has 8 N–H and O–H groups in total. The summed E-state index contributed by atoms with van der Waals surface area (Å²) in [5.41, 5.74) is 7.75. The Morgan fingerprint density at radius 1 is 0.698 bits per heavy atom. The van der Waals surface area contributed by atoms with Crippen molar-refractivity contribution in [2.75, 3.05) is 41.8 Å². The molecule has 4 saturated heterocycles. The molecule has 4 heterocycles. The van der Waals surface area contributed by atoms with Crippen LogP contribution in [-0.2, 0) is 32.9 Å². The third-order valence-corrected chi connectivity index (χ3v) is 14.5. The SMILES string of the molecule is C.NCCNc1cccc2ccccc12.O=C(CCCCC1SCC2NC(=O)NC21)CCCNc1cccc2ccccc12.O=C(O)CCCCC1SCC2CC(=O)NC21.[CH2-]C.[V]. The predicted molar refractivity (Wildman–Crippen MR) is 262 cm³/mol. The second-order valence-electron chi connectivity index (χ2n) is 15.8. The summed E-state index contributed by atoms with van der Waals surface area (Å²) in [5.74, 6) is 2.42. The molecule has 11 nitrogen and oxygen atoms in total. The van der Waals surface area contributed by atoms with E-state index < -0.39 is 5.97 Å². The van der Waals surface area contributed by atoms with Crippen LogP contribution in [0.15, 0.2) is 84.9 Å². The molecule has 14 heteroatoms. The molecule has 6 atom stereocenters. The predicted octanol–water partition coefficient (Wildman–Crippen LogP) is 9.26. The zero-order chi connectivity index (χ0) is 43.4. The van der Waals surface area contributed by atoms with Crippen molar-refractivity contribution in [2.24, 2.45) is 11.7 Å². The van der Waals surface area contributed by atoms with Gasteiger partial charge in [0.05, 0.1) is 12.1 Å². The minimum absolute atomic E-state index is 0. The van der Waals surface area contributed by atoms with Gasteiger partial charge < -0.3 is 44.3 Å². The van der Waals surface area contributed by atoms with Crippen LogP contribution in [0.5, 0.6) is 0 Å². The van der Waals surface area contributed by atoms with Gasteiger partial charge in [0.25, 0.3) is 0 Å². The van der Waals surface area contributed by atoms with E-state index in [-0.39, 0.29) is 56.4 Å². The fraction of sp³-hybridized carbons (Fsp3) is 0.490. The van der Waals surface area contributed by atoms with Crippen LogP contribution in [-0.4, -0.2) is 88.6 Å². The van der Waals surface area contributed by atoms with Gasteiger partial charge in [0.15, 0.2) is 0 Å². The number of carboxylic acids is 1. The number of rotatable bonds is 18. The van der Waals surface area contributed by atoms with Crippen LogP contribution in [0.2, 0.25) is 0 Å². The fourth-order valence-corrected chi connectivity index (χ4v) is 11.6. The molecule has 4 fully saturated rings. The van der Waals surface area contributed by atoms with Crippen molar-refractivity contribution >= 4 is 80.1 Å². The van der Waals surface area contributed by atoms with E-state index in [1.165, 1.54) is 21.5 Å². The Labute approximate surface area is 395 Å². The number of urea groups is 1. The van der Waals surface area contributed by atoms with E-state index in [4.69, 9.17) is 10.8 Å². The number of hydrogen-bond donors (Lipinski definition) is 7. The van der Waals surface area contributed by atoms with Gasteiger partial charge in [0.1, 0.15) is 5.78 Å². The number of benzene rings is 4. The van der Waals surface area contributed by atoms with Crippen LogP contribution in [0.3, 0.4) is 0 Å². The third kappa shape index (κ3) is 16.6. The standard InChI is InChI=1S/C23H29N3O2S.C12H14N2.C11H17NO3S.C2H5.CH4.V/c27-17(9-2-4-13-21-22-20(15-29-21)25-23(28)26-22)10-6-14-24-19-12-5-8-16-7-1-3-11-18(16)19;13-8-9-14-12-7-3-5-10-4-1-2-6-11(10)12;13-9-5-7-6-16-8(11(7)12-9)3-1-2-4-10(14)15;1-2;;/h1,3,5,7-8,11-12,20-22,24H,2,4,6,9-10,13-15H2,(H2,25,26,28);1-7,14H,8-9,13H2;7-8,11H,1-6H2,(H,12,13)(H,14,15);1H2,2H3;1H4;/q;;;-1;;. The number of carbonyl (C=O) groups excluding carboxylic acids is 3. The minimum atomic E-state index is -0.717. The van der Waals surface area contributed by atoms with E-state index in [1.807, 2.05) is 23.5 Å². The molecule has 0 aromatic heterocycles. The Balaban J connectivity index is 0.000000264. The minimum Gasteiger partial charge on any atom is -0.481 e.